The molecule has 0 unspecified atom stereocenters. The van der Waals surface area contributed by atoms with Crippen molar-refractivity contribution in [1.29, 1.82) is 0 Å². The van der Waals surface area contributed by atoms with E-state index in [1.807, 2.05) is 41.7 Å². The summed E-state index contributed by atoms with van der Waals surface area (Å²) < 4.78 is 9.06. The molecule has 7 aromatic rings. The monoisotopic (exact) mass is 588 g/mol. The van der Waals surface area contributed by atoms with Crippen molar-refractivity contribution >= 4 is 78.8 Å². The van der Waals surface area contributed by atoms with E-state index in [0.717, 1.165) is 43.8 Å². The second-order valence-corrected chi connectivity index (χ2v) is 9.85. The Balaban J connectivity index is 0.00000217. The number of benzene rings is 5. The summed E-state index contributed by atoms with van der Waals surface area (Å²) in [5, 5.41) is 8.34. The van der Waals surface area contributed by atoms with E-state index in [0.29, 0.717) is 0 Å². The number of hydrogen-bond donors (Lipinski definition) is 0. The van der Waals surface area contributed by atoms with Gasteiger partial charge in [0.05, 0.1) is 0 Å². The van der Waals surface area contributed by atoms with Crippen LogP contribution in [0, 0.1) is 11.8 Å². The van der Waals surface area contributed by atoms with Crippen molar-refractivity contribution in [3.8, 4) is 11.8 Å². The maximum absolute atomic E-state index is 6.43. The second-order valence-electron chi connectivity index (χ2n) is 8.22. The summed E-state index contributed by atoms with van der Waals surface area (Å²) in [5.74, 6) is 6.51. The number of rotatable bonds is 0. The fourth-order valence-corrected chi connectivity index (χ4v) is 5.99. The summed E-state index contributed by atoms with van der Waals surface area (Å²) in [6.07, 6.45) is 0. The molecular weight excluding hydrogens is 572 g/mol. The van der Waals surface area contributed by atoms with Crippen molar-refractivity contribution in [3.63, 3.8) is 0 Å². The third kappa shape index (κ3) is 3.78. The topological polar surface area (TPSA) is 13.1 Å². The van der Waals surface area contributed by atoms with Crippen LogP contribution in [0.4, 0.5) is 0 Å². The van der Waals surface area contributed by atoms with Gasteiger partial charge in [0, 0.05) is 52.8 Å². The SMILES string of the molecule is [Cs+].[PH-]c1ccc(C#Cc2ccc3c(c2)oc2c3ccc3c2ccc2c4ccccc4sc23)cc1. The zero-order chi connectivity index (χ0) is 21.9. The van der Waals surface area contributed by atoms with Crippen LogP contribution in [0.3, 0.4) is 0 Å². The third-order valence-corrected chi connectivity index (χ3v) is 7.76. The van der Waals surface area contributed by atoms with E-state index >= 15 is 0 Å². The minimum Gasteiger partial charge on any atom is -0.525 e. The van der Waals surface area contributed by atoms with Gasteiger partial charge in [0.2, 0.25) is 0 Å². The van der Waals surface area contributed by atoms with Crippen molar-refractivity contribution in [2.45, 2.75) is 0 Å². The second kappa shape index (κ2) is 9.14. The van der Waals surface area contributed by atoms with Gasteiger partial charge in [0.25, 0.3) is 0 Å². The van der Waals surface area contributed by atoms with Gasteiger partial charge in [0.1, 0.15) is 11.2 Å². The van der Waals surface area contributed by atoms with Crippen LogP contribution in [0.25, 0.3) is 52.9 Å². The molecule has 0 saturated heterocycles. The zero-order valence-electron chi connectivity index (χ0n) is 18.5. The van der Waals surface area contributed by atoms with Gasteiger partial charge >= 0.3 is 68.9 Å². The maximum Gasteiger partial charge on any atom is 1.00 e. The predicted molar refractivity (Wildman–Crippen MR) is 144 cm³/mol. The largest absolute Gasteiger partial charge is 1.00 e. The van der Waals surface area contributed by atoms with Crippen LogP contribution in [-0.2, 0) is 0 Å². The van der Waals surface area contributed by atoms with Gasteiger partial charge in [-0.1, -0.05) is 54.3 Å². The molecule has 0 N–H and O–H groups in total. The minimum atomic E-state index is 0. The van der Waals surface area contributed by atoms with Crippen LogP contribution < -0.4 is 74.2 Å². The molecule has 154 valence electrons. The van der Waals surface area contributed by atoms with Crippen molar-refractivity contribution in [2.24, 2.45) is 0 Å². The standard InChI is InChI=1S/C30H16OPS.Cs/c32-20-10-7-18(8-11-20)5-6-19-9-12-21-23-13-16-26-24(29(23)31-27(21)17-19)14-15-25-22-3-1-2-4-28(22)33-30(25)26;/h1-4,7-17,32H;/q-1;+1. The Morgan fingerprint density at radius 1 is 0.618 bits per heavy atom. The zero-order valence-corrected chi connectivity index (χ0v) is 26.6. The molecule has 0 atom stereocenters. The Morgan fingerprint density at radius 2 is 1.24 bits per heavy atom. The van der Waals surface area contributed by atoms with Crippen LogP contribution in [0.5, 0.6) is 0 Å². The van der Waals surface area contributed by atoms with E-state index < -0.39 is 0 Å². The van der Waals surface area contributed by atoms with Crippen molar-refractivity contribution in [2.75, 3.05) is 0 Å². The van der Waals surface area contributed by atoms with E-state index in [9.17, 15) is 0 Å². The molecule has 0 spiro atoms. The number of thiophene rings is 1. The first-order valence-electron chi connectivity index (χ1n) is 10.8. The molecule has 7 rings (SSSR count). The van der Waals surface area contributed by atoms with Gasteiger partial charge in [-0.25, -0.2) is 5.30 Å². The van der Waals surface area contributed by atoms with Crippen LogP contribution in [0.15, 0.2) is 95.4 Å². The summed E-state index contributed by atoms with van der Waals surface area (Å²) in [6, 6.07) is 31.8. The molecule has 0 aliphatic rings. The van der Waals surface area contributed by atoms with Gasteiger partial charge in [-0.15, -0.1) is 11.3 Å². The molecule has 0 bridgehead atoms. The van der Waals surface area contributed by atoms with Crippen molar-refractivity contribution in [1.82, 2.24) is 0 Å². The summed E-state index contributed by atoms with van der Waals surface area (Å²) >= 11 is 1.85. The van der Waals surface area contributed by atoms with Crippen molar-refractivity contribution < 1.29 is 73.3 Å². The Labute approximate surface area is 262 Å². The fourth-order valence-electron chi connectivity index (χ4n) is 4.60. The van der Waals surface area contributed by atoms with Crippen LogP contribution >= 0.6 is 20.6 Å². The molecular formula is C30H16CsOPS. The summed E-state index contributed by atoms with van der Waals surface area (Å²) in [7, 11) is 3.52. The smallest absolute Gasteiger partial charge is 0.525 e. The molecule has 0 fully saturated rings. The molecule has 1 nitrogen and oxygen atoms in total. The Morgan fingerprint density at radius 3 is 2.06 bits per heavy atom. The van der Waals surface area contributed by atoms with E-state index in [4.69, 9.17) is 4.42 Å². The summed E-state index contributed by atoms with van der Waals surface area (Å²) in [5.41, 5.74) is 3.75. The average molecular weight is 588 g/mol. The van der Waals surface area contributed by atoms with Crippen LogP contribution in [0.2, 0.25) is 0 Å². The Hall–Kier alpha value is -1.58. The van der Waals surface area contributed by atoms with Crippen LogP contribution in [-0.4, -0.2) is 0 Å². The molecule has 4 heteroatoms. The molecule has 2 aromatic heterocycles. The maximum atomic E-state index is 6.43. The molecule has 2 heterocycles. The molecule has 0 aliphatic carbocycles. The minimum absolute atomic E-state index is 0. The molecule has 0 aliphatic heterocycles. The quantitative estimate of drug-likeness (QED) is 0.174. The first kappa shape index (κ1) is 22.9. The van der Waals surface area contributed by atoms with Gasteiger partial charge in [-0.05, 0) is 48.5 Å². The van der Waals surface area contributed by atoms with Gasteiger partial charge in [-0.2, -0.15) is 0 Å². The predicted octanol–water partition coefficient (Wildman–Crippen LogP) is 5.28. The molecule has 5 aromatic carbocycles. The normalized spacial score (nSPS) is 11.2. The fraction of sp³-hybridized carbons (Fsp3) is 0. The Kier molecular flexibility index (Phi) is 6.14. The van der Waals surface area contributed by atoms with Gasteiger partial charge in [-0.3, -0.25) is 0 Å². The van der Waals surface area contributed by atoms with E-state index in [-0.39, 0.29) is 68.9 Å². The third-order valence-electron chi connectivity index (χ3n) is 6.21. The van der Waals surface area contributed by atoms with E-state index in [1.54, 1.807) is 0 Å². The number of furan rings is 1. The first-order valence-corrected chi connectivity index (χ1v) is 12.1. The molecule has 0 saturated carbocycles. The van der Waals surface area contributed by atoms with Gasteiger partial charge in [0.15, 0.2) is 0 Å². The summed E-state index contributed by atoms with van der Waals surface area (Å²) in [4.78, 5) is 0. The summed E-state index contributed by atoms with van der Waals surface area (Å²) in [6.45, 7) is 0. The molecule has 0 amide bonds. The molecule has 0 radical (unpaired) electrons. The van der Waals surface area contributed by atoms with E-state index in [1.165, 1.54) is 25.6 Å². The van der Waals surface area contributed by atoms with E-state index in [2.05, 4.69) is 81.7 Å². The van der Waals surface area contributed by atoms with Gasteiger partial charge < -0.3 is 13.7 Å². The average Bonchev–Trinajstić information content (AvgIpc) is 3.41. The first-order chi connectivity index (χ1) is 16.2. The van der Waals surface area contributed by atoms with Crippen LogP contribution in [0.1, 0.15) is 11.1 Å². The van der Waals surface area contributed by atoms with Crippen molar-refractivity contribution in [3.05, 3.63) is 102 Å². The number of fused-ring (bicyclic) bond motifs is 9. The molecule has 34 heavy (non-hydrogen) atoms. The number of hydrogen-bond acceptors (Lipinski definition) is 2. The Bertz CT molecular complexity index is 1930.